The van der Waals surface area contributed by atoms with E-state index in [2.05, 4.69) is 65.8 Å². The molecule has 0 heterocycles. The molecule has 0 saturated heterocycles. The molecule has 0 amide bonds. The zero-order chi connectivity index (χ0) is 14.2. The number of rotatable bonds is 4. The van der Waals surface area contributed by atoms with E-state index in [1.54, 1.807) is 6.56 Å². The maximum Gasteiger partial charge on any atom is -1.00 e. The van der Waals surface area contributed by atoms with Crippen molar-refractivity contribution in [2.45, 2.75) is 41.5 Å². The van der Waals surface area contributed by atoms with Gasteiger partial charge in [-0.15, -0.1) is 0 Å². The molecule has 0 bridgehead atoms. The SMILES string of the molecule is CC1=CC(C(C)C)[C]([Zr+2][C]2=CC(C)=CC2C(C)C)=C1.[Cl-].[Cl-]. The molecular formula is C18H26Cl2Zr. The van der Waals surface area contributed by atoms with Crippen LogP contribution in [0.5, 0.6) is 0 Å². The molecule has 0 fully saturated rings. The van der Waals surface area contributed by atoms with Crippen LogP contribution in [0.15, 0.2) is 42.0 Å². The minimum absolute atomic E-state index is 0. The second kappa shape index (κ2) is 8.90. The molecule has 0 aromatic carbocycles. The van der Waals surface area contributed by atoms with Crippen LogP contribution in [0.2, 0.25) is 0 Å². The van der Waals surface area contributed by atoms with Gasteiger partial charge in [0, 0.05) is 0 Å². The summed E-state index contributed by atoms with van der Waals surface area (Å²) in [4.78, 5) is 0. The molecule has 2 aliphatic carbocycles. The first kappa shape index (κ1) is 21.4. The zero-order valence-corrected chi connectivity index (χ0v) is 17.8. The van der Waals surface area contributed by atoms with Gasteiger partial charge in [-0.1, -0.05) is 0 Å². The van der Waals surface area contributed by atoms with Crippen LogP contribution in [0.1, 0.15) is 41.5 Å². The maximum atomic E-state index is 2.49. The smallest absolute Gasteiger partial charge is 1.00 e. The predicted octanol–water partition coefficient (Wildman–Crippen LogP) is -0.691. The van der Waals surface area contributed by atoms with Crippen molar-refractivity contribution >= 4 is 0 Å². The Morgan fingerprint density at radius 3 is 1.38 bits per heavy atom. The third kappa shape index (κ3) is 5.23. The van der Waals surface area contributed by atoms with Crippen LogP contribution in [0.3, 0.4) is 0 Å². The van der Waals surface area contributed by atoms with Gasteiger partial charge in [-0.2, -0.15) is 0 Å². The molecule has 3 heteroatoms. The van der Waals surface area contributed by atoms with E-state index in [0.717, 1.165) is 23.7 Å². The molecule has 21 heavy (non-hydrogen) atoms. The molecule has 0 saturated carbocycles. The van der Waals surface area contributed by atoms with Crippen LogP contribution in [0.25, 0.3) is 0 Å². The average molecular weight is 405 g/mol. The van der Waals surface area contributed by atoms with Gasteiger partial charge in [-0.3, -0.25) is 0 Å². The summed E-state index contributed by atoms with van der Waals surface area (Å²) in [6, 6.07) is 0. The average Bonchev–Trinajstić information content (AvgIpc) is 2.82. The number of allylic oxidation sites excluding steroid dienone is 8. The van der Waals surface area contributed by atoms with Crippen LogP contribution in [0.4, 0.5) is 0 Å². The Bertz CT molecular complexity index is 437. The maximum absolute atomic E-state index is 2.49. The standard InChI is InChI=1S/2C9H13.2ClH.Zr/c2*1-7(2)9-5-4-8(3)6-9;;;/h2*4,6-7,9H,1-3H3;2*1H;/q;;;;+2/p-2. The summed E-state index contributed by atoms with van der Waals surface area (Å²) in [5.41, 5.74) is 2.97. The van der Waals surface area contributed by atoms with Gasteiger partial charge in [0.2, 0.25) is 0 Å². The fourth-order valence-electron chi connectivity index (χ4n) is 3.03. The van der Waals surface area contributed by atoms with Crippen molar-refractivity contribution in [3.63, 3.8) is 0 Å². The summed E-state index contributed by atoms with van der Waals surface area (Å²) < 4.78 is 3.58. The Labute approximate surface area is 154 Å². The molecule has 0 aromatic rings. The molecule has 2 aliphatic rings. The second-order valence-electron chi connectivity index (χ2n) is 6.69. The fraction of sp³-hybridized carbons (Fsp3) is 0.556. The van der Waals surface area contributed by atoms with Gasteiger partial charge in [-0.25, -0.2) is 0 Å². The Kier molecular flexibility index (Phi) is 9.08. The minimum Gasteiger partial charge on any atom is -1.00 e. The number of halogens is 2. The molecule has 0 radical (unpaired) electrons. The first-order chi connectivity index (χ1) is 8.88. The fourth-order valence-corrected chi connectivity index (χ4v) is 8.19. The van der Waals surface area contributed by atoms with Crippen molar-refractivity contribution in [3.05, 3.63) is 42.0 Å². The van der Waals surface area contributed by atoms with Crippen LogP contribution < -0.4 is 24.8 Å². The minimum atomic E-state index is -0.580. The Morgan fingerprint density at radius 2 is 1.10 bits per heavy atom. The molecule has 0 spiro atoms. The molecular weight excluding hydrogens is 378 g/mol. The zero-order valence-electron chi connectivity index (χ0n) is 13.9. The number of hydrogen-bond donors (Lipinski definition) is 0. The second-order valence-corrected chi connectivity index (χ2v) is 10.1. The topological polar surface area (TPSA) is 0 Å². The number of hydrogen-bond acceptors (Lipinski definition) is 0. The predicted molar refractivity (Wildman–Crippen MR) is 80.3 cm³/mol. The summed E-state index contributed by atoms with van der Waals surface area (Å²) >= 11 is -0.580. The van der Waals surface area contributed by atoms with Crippen molar-refractivity contribution in [3.8, 4) is 0 Å². The van der Waals surface area contributed by atoms with Crippen molar-refractivity contribution in [2.24, 2.45) is 23.7 Å². The van der Waals surface area contributed by atoms with Gasteiger partial charge in [0.05, 0.1) is 0 Å². The largest absolute Gasteiger partial charge is 1.00 e. The molecule has 2 unspecified atom stereocenters. The summed E-state index contributed by atoms with van der Waals surface area (Å²) in [5, 5.41) is 0. The van der Waals surface area contributed by atoms with Crippen molar-refractivity contribution in [1.82, 2.24) is 0 Å². The van der Waals surface area contributed by atoms with Crippen molar-refractivity contribution in [2.75, 3.05) is 0 Å². The Balaban J connectivity index is 0.00000200. The molecule has 0 aliphatic heterocycles. The molecule has 2 atom stereocenters. The molecule has 2 rings (SSSR count). The van der Waals surface area contributed by atoms with E-state index < -0.39 is 23.2 Å². The van der Waals surface area contributed by atoms with E-state index in [9.17, 15) is 0 Å². The van der Waals surface area contributed by atoms with Gasteiger partial charge in [0.1, 0.15) is 0 Å². The Hall–Kier alpha value is 0.423. The van der Waals surface area contributed by atoms with E-state index in [1.807, 2.05) is 0 Å². The van der Waals surface area contributed by atoms with Gasteiger partial charge in [0.25, 0.3) is 0 Å². The van der Waals surface area contributed by atoms with Gasteiger partial charge >= 0.3 is 130 Å². The monoisotopic (exact) mass is 402 g/mol. The molecule has 116 valence electrons. The van der Waals surface area contributed by atoms with Crippen LogP contribution in [-0.2, 0) is 23.2 Å². The third-order valence-electron chi connectivity index (χ3n) is 4.09. The molecule has 0 N–H and O–H groups in total. The van der Waals surface area contributed by atoms with Gasteiger partial charge < -0.3 is 24.8 Å². The van der Waals surface area contributed by atoms with Gasteiger partial charge in [-0.05, 0) is 0 Å². The summed E-state index contributed by atoms with van der Waals surface area (Å²) in [5.74, 6) is 2.94. The first-order valence-electron chi connectivity index (χ1n) is 7.45. The third-order valence-corrected chi connectivity index (χ3v) is 7.86. The van der Waals surface area contributed by atoms with Crippen LogP contribution >= 0.6 is 0 Å². The van der Waals surface area contributed by atoms with Gasteiger partial charge in [0.15, 0.2) is 0 Å². The van der Waals surface area contributed by atoms with E-state index in [-0.39, 0.29) is 24.8 Å². The first-order valence-corrected chi connectivity index (χ1v) is 9.91. The van der Waals surface area contributed by atoms with Crippen molar-refractivity contribution < 1.29 is 48.0 Å². The van der Waals surface area contributed by atoms with Crippen molar-refractivity contribution in [1.29, 1.82) is 0 Å². The summed E-state index contributed by atoms with van der Waals surface area (Å²) in [6.45, 7) is 14.0. The van der Waals surface area contributed by atoms with E-state index in [4.69, 9.17) is 0 Å². The summed E-state index contributed by atoms with van der Waals surface area (Å²) in [6.07, 6.45) is 9.95. The van der Waals surface area contributed by atoms with E-state index in [1.165, 1.54) is 11.1 Å². The van der Waals surface area contributed by atoms with E-state index in [0.29, 0.717) is 0 Å². The summed E-state index contributed by atoms with van der Waals surface area (Å²) in [7, 11) is 0. The van der Waals surface area contributed by atoms with Crippen LogP contribution in [-0.4, -0.2) is 0 Å². The van der Waals surface area contributed by atoms with E-state index >= 15 is 0 Å². The Morgan fingerprint density at radius 1 is 0.762 bits per heavy atom. The quantitative estimate of drug-likeness (QED) is 0.582. The van der Waals surface area contributed by atoms with Crippen LogP contribution in [0, 0.1) is 23.7 Å². The molecule has 0 nitrogen and oxygen atoms in total. The molecule has 0 aromatic heterocycles. The normalized spacial score (nSPS) is 23.8.